The first kappa shape index (κ1) is 17.0. The number of hydrogen-bond acceptors (Lipinski definition) is 3. The number of halogens is 2. The highest BCUT2D eigenvalue weighted by Crippen LogP contribution is 2.35. The standard InChI is InChI=1S/C14H15BrClNO2S2/c1-17(9-5-8-11-6-3-2-4-7-11)21(18,19)13-10-12(16)14(15)20-13/h2-4,6-7,10H,5,8-9H2,1H3. The molecule has 114 valence electrons. The summed E-state index contributed by atoms with van der Waals surface area (Å²) in [5.74, 6) is 0. The number of sulfonamides is 1. The second-order valence-electron chi connectivity index (χ2n) is 4.60. The van der Waals surface area contributed by atoms with Crippen LogP contribution in [0.25, 0.3) is 0 Å². The van der Waals surface area contributed by atoms with Crippen molar-refractivity contribution in [1.29, 1.82) is 0 Å². The Kier molecular flexibility index (Phi) is 5.85. The Labute approximate surface area is 142 Å². The smallest absolute Gasteiger partial charge is 0.206 e. The largest absolute Gasteiger partial charge is 0.252 e. The third-order valence-corrected chi connectivity index (χ3v) is 7.85. The average molecular weight is 409 g/mol. The van der Waals surface area contributed by atoms with Crippen LogP contribution < -0.4 is 0 Å². The van der Waals surface area contributed by atoms with E-state index in [0.717, 1.165) is 24.2 Å². The van der Waals surface area contributed by atoms with Gasteiger partial charge in [-0.05, 0) is 40.4 Å². The number of thiophene rings is 1. The molecule has 0 aliphatic carbocycles. The second kappa shape index (κ2) is 7.24. The molecule has 3 nitrogen and oxygen atoms in total. The van der Waals surface area contributed by atoms with Crippen molar-refractivity contribution in [3.63, 3.8) is 0 Å². The Morgan fingerprint density at radius 1 is 1.29 bits per heavy atom. The Balaban J connectivity index is 1.97. The lowest BCUT2D eigenvalue weighted by molar-refractivity contribution is 0.463. The van der Waals surface area contributed by atoms with Crippen LogP contribution in [0.3, 0.4) is 0 Å². The van der Waals surface area contributed by atoms with E-state index in [1.807, 2.05) is 30.3 Å². The van der Waals surface area contributed by atoms with Gasteiger partial charge in [0.2, 0.25) is 0 Å². The van der Waals surface area contributed by atoms with E-state index in [0.29, 0.717) is 15.4 Å². The number of aryl methyl sites for hydroxylation is 1. The zero-order valence-corrected chi connectivity index (χ0v) is 15.4. The van der Waals surface area contributed by atoms with Gasteiger partial charge in [0, 0.05) is 13.6 Å². The van der Waals surface area contributed by atoms with E-state index in [-0.39, 0.29) is 4.21 Å². The van der Waals surface area contributed by atoms with Gasteiger partial charge in [-0.2, -0.15) is 0 Å². The highest BCUT2D eigenvalue weighted by atomic mass is 79.9. The molecular formula is C14H15BrClNO2S2. The van der Waals surface area contributed by atoms with E-state index < -0.39 is 10.0 Å². The number of rotatable bonds is 6. The Bertz CT molecular complexity index is 682. The molecule has 2 aromatic rings. The normalized spacial score (nSPS) is 12.0. The van der Waals surface area contributed by atoms with Gasteiger partial charge in [0.25, 0.3) is 10.0 Å². The van der Waals surface area contributed by atoms with Gasteiger partial charge < -0.3 is 0 Å². The first-order valence-corrected chi connectivity index (χ1v) is 9.79. The molecule has 1 aromatic carbocycles. The van der Waals surface area contributed by atoms with Gasteiger partial charge in [-0.3, -0.25) is 0 Å². The van der Waals surface area contributed by atoms with Crippen LogP contribution in [0.5, 0.6) is 0 Å². The van der Waals surface area contributed by atoms with Crippen molar-refractivity contribution >= 4 is 48.9 Å². The third kappa shape index (κ3) is 4.29. The molecule has 7 heteroatoms. The molecule has 0 bridgehead atoms. The fourth-order valence-electron chi connectivity index (χ4n) is 1.88. The molecule has 1 heterocycles. The van der Waals surface area contributed by atoms with Crippen molar-refractivity contribution in [2.75, 3.05) is 13.6 Å². The molecule has 0 aliphatic heterocycles. The maximum absolute atomic E-state index is 12.4. The van der Waals surface area contributed by atoms with Gasteiger partial charge in [0.1, 0.15) is 4.21 Å². The monoisotopic (exact) mass is 407 g/mol. The lowest BCUT2D eigenvalue weighted by Gasteiger charge is -2.15. The SMILES string of the molecule is CN(CCCc1ccccc1)S(=O)(=O)c1cc(Cl)c(Br)s1. The Morgan fingerprint density at radius 3 is 2.52 bits per heavy atom. The number of benzene rings is 1. The van der Waals surface area contributed by atoms with Gasteiger partial charge in [0.05, 0.1) is 8.81 Å². The Morgan fingerprint density at radius 2 is 1.95 bits per heavy atom. The summed E-state index contributed by atoms with van der Waals surface area (Å²) < 4.78 is 27.1. The minimum absolute atomic E-state index is 0.265. The van der Waals surface area contributed by atoms with Crippen LogP contribution >= 0.6 is 38.9 Å². The van der Waals surface area contributed by atoms with E-state index >= 15 is 0 Å². The van der Waals surface area contributed by atoms with E-state index in [9.17, 15) is 8.42 Å². The highest BCUT2D eigenvalue weighted by Gasteiger charge is 2.23. The van der Waals surface area contributed by atoms with E-state index in [2.05, 4.69) is 15.9 Å². The van der Waals surface area contributed by atoms with Crippen LogP contribution in [0.2, 0.25) is 5.02 Å². The summed E-state index contributed by atoms with van der Waals surface area (Å²) >= 11 is 10.3. The molecule has 0 unspecified atom stereocenters. The molecule has 2 rings (SSSR count). The first-order valence-electron chi connectivity index (χ1n) is 6.36. The average Bonchev–Trinajstić information content (AvgIpc) is 2.80. The van der Waals surface area contributed by atoms with Crippen LogP contribution in [0, 0.1) is 0 Å². The number of hydrogen-bond donors (Lipinski definition) is 0. The summed E-state index contributed by atoms with van der Waals surface area (Å²) in [6.45, 7) is 0.477. The molecule has 0 radical (unpaired) electrons. The molecule has 0 saturated heterocycles. The molecule has 0 aliphatic rings. The molecule has 1 aromatic heterocycles. The quantitative estimate of drug-likeness (QED) is 0.709. The fraction of sp³-hybridized carbons (Fsp3) is 0.286. The lowest BCUT2D eigenvalue weighted by atomic mass is 10.1. The van der Waals surface area contributed by atoms with Crippen LogP contribution in [-0.2, 0) is 16.4 Å². The second-order valence-corrected chi connectivity index (χ2v) is 9.65. The predicted molar refractivity (Wildman–Crippen MR) is 91.6 cm³/mol. The molecule has 0 fully saturated rings. The molecule has 0 N–H and O–H groups in total. The van der Waals surface area contributed by atoms with Crippen molar-refractivity contribution in [2.45, 2.75) is 17.1 Å². The van der Waals surface area contributed by atoms with Gasteiger partial charge >= 0.3 is 0 Å². The summed E-state index contributed by atoms with van der Waals surface area (Å²) in [4.78, 5) is 0. The lowest BCUT2D eigenvalue weighted by Crippen LogP contribution is -2.27. The summed E-state index contributed by atoms with van der Waals surface area (Å²) in [6.07, 6.45) is 1.63. The third-order valence-electron chi connectivity index (χ3n) is 3.07. The van der Waals surface area contributed by atoms with Gasteiger partial charge in [-0.15, -0.1) is 11.3 Å². The summed E-state index contributed by atoms with van der Waals surface area (Å²) in [6, 6.07) is 11.5. The molecule has 0 spiro atoms. The highest BCUT2D eigenvalue weighted by molar-refractivity contribution is 9.11. The molecular weight excluding hydrogens is 394 g/mol. The van der Waals surface area contributed by atoms with E-state index in [1.54, 1.807) is 7.05 Å². The van der Waals surface area contributed by atoms with Crippen molar-refractivity contribution in [3.05, 3.63) is 50.8 Å². The van der Waals surface area contributed by atoms with Gasteiger partial charge in [0.15, 0.2) is 0 Å². The van der Waals surface area contributed by atoms with Crippen molar-refractivity contribution in [2.24, 2.45) is 0 Å². The van der Waals surface area contributed by atoms with Crippen molar-refractivity contribution in [1.82, 2.24) is 4.31 Å². The maximum atomic E-state index is 12.4. The maximum Gasteiger partial charge on any atom is 0.252 e. The molecule has 0 amide bonds. The van der Waals surface area contributed by atoms with Crippen LogP contribution in [-0.4, -0.2) is 26.3 Å². The van der Waals surface area contributed by atoms with E-state index in [1.165, 1.54) is 15.9 Å². The van der Waals surface area contributed by atoms with Crippen LogP contribution in [0.1, 0.15) is 12.0 Å². The van der Waals surface area contributed by atoms with Crippen molar-refractivity contribution in [3.8, 4) is 0 Å². The predicted octanol–water partition coefficient (Wildman–Crippen LogP) is 4.42. The topological polar surface area (TPSA) is 37.4 Å². The van der Waals surface area contributed by atoms with E-state index in [4.69, 9.17) is 11.6 Å². The Hall–Kier alpha value is -0.400. The zero-order valence-electron chi connectivity index (χ0n) is 11.4. The number of nitrogens with zero attached hydrogens (tertiary/aromatic N) is 1. The van der Waals surface area contributed by atoms with Crippen LogP contribution in [0.15, 0.2) is 44.4 Å². The minimum atomic E-state index is -3.46. The van der Waals surface area contributed by atoms with Gasteiger partial charge in [-0.1, -0.05) is 41.9 Å². The zero-order chi connectivity index (χ0) is 15.5. The fourth-order valence-corrected chi connectivity index (χ4v) is 5.70. The van der Waals surface area contributed by atoms with Crippen LogP contribution in [0.4, 0.5) is 0 Å². The minimum Gasteiger partial charge on any atom is -0.206 e. The summed E-state index contributed by atoms with van der Waals surface area (Å²) in [5, 5.41) is 0.427. The van der Waals surface area contributed by atoms with Gasteiger partial charge in [-0.25, -0.2) is 12.7 Å². The molecule has 0 atom stereocenters. The molecule has 21 heavy (non-hydrogen) atoms. The van der Waals surface area contributed by atoms with Crippen molar-refractivity contribution < 1.29 is 8.42 Å². The first-order chi connectivity index (χ1) is 9.91. The summed E-state index contributed by atoms with van der Waals surface area (Å²) in [7, 11) is -1.86. The molecule has 0 saturated carbocycles. The summed E-state index contributed by atoms with van der Waals surface area (Å²) in [5.41, 5.74) is 1.21.